The Balaban J connectivity index is 1.77. The van der Waals surface area contributed by atoms with E-state index in [1.165, 1.54) is 0 Å². The Morgan fingerprint density at radius 2 is 2.44 bits per heavy atom. The lowest BCUT2D eigenvalue weighted by Crippen LogP contribution is -2.30. The number of nitrogens with one attached hydrogen (secondary N) is 1. The largest absolute Gasteiger partial charge is 0.479 e. The molecule has 2 N–H and O–H groups in total. The quantitative estimate of drug-likeness (QED) is 0.825. The third kappa shape index (κ3) is 3.27. The first-order valence-corrected chi connectivity index (χ1v) is 6.19. The van der Waals surface area contributed by atoms with Crippen LogP contribution >= 0.6 is 0 Å². The monoisotopic (exact) mass is 250 g/mol. The van der Waals surface area contributed by atoms with Crippen molar-refractivity contribution < 1.29 is 14.6 Å². The topological polar surface area (TPSA) is 71.5 Å². The predicted octanol–water partition coefficient (Wildman–Crippen LogP) is 1.36. The number of aromatic nitrogens is 1. The van der Waals surface area contributed by atoms with E-state index in [0.29, 0.717) is 13.0 Å². The Labute approximate surface area is 106 Å². The normalized spacial score (nSPS) is 24.9. The first-order valence-electron chi connectivity index (χ1n) is 6.19. The molecule has 2 heterocycles. The molecule has 2 unspecified atom stereocenters. The number of hydrogen-bond donors (Lipinski definition) is 2. The summed E-state index contributed by atoms with van der Waals surface area (Å²) in [6.45, 7) is 2.69. The highest BCUT2D eigenvalue weighted by atomic mass is 16.5. The molecule has 0 aromatic carbocycles. The number of carbonyl (C=O) groups is 1. The zero-order valence-electron chi connectivity index (χ0n) is 10.4. The van der Waals surface area contributed by atoms with Gasteiger partial charge in [0.25, 0.3) is 0 Å². The average Bonchev–Trinajstić information content (AvgIpc) is 2.86. The summed E-state index contributed by atoms with van der Waals surface area (Å²) in [6, 6.07) is 5.94. The number of carboxylic acids is 1. The molecular formula is C13H18N2O3. The molecule has 1 aliphatic heterocycles. The van der Waals surface area contributed by atoms with Gasteiger partial charge in [-0.1, -0.05) is 6.07 Å². The van der Waals surface area contributed by atoms with Crippen molar-refractivity contribution in [3.8, 4) is 0 Å². The van der Waals surface area contributed by atoms with Crippen molar-refractivity contribution >= 4 is 5.97 Å². The molecule has 0 amide bonds. The van der Waals surface area contributed by atoms with E-state index in [0.717, 1.165) is 12.1 Å². The van der Waals surface area contributed by atoms with Crippen LogP contribution in [0.25, 0.3) is 0 Å². The van der Waals surface area contributed by atoms with Crippen molar-refractivity contribution in [2.45, 2.75) is 38.0 Å². The highest BCUT2D eigenvalue weighted by molar-refractivity contribution is 5.72. The van der Waals surface area contributed by atoms with Gasteiger partial charge in [-0.25, -0.2) is 4.79 Å². The van der Waals surface area contributed by atoms with Crippen LogP contribution in [0.15, 0.2) is 24.4 Å². The lowest BCUT2D eigenvalue weighted by Gasteiger charge is -2.17. The van der Waals surface area contributed by atoms with Gasteiger partial charge in [0, 0.05) is 18.8 Å². The maximum Gasteiger partial charge on any atom is 0.332 e. The number of nitrogens with zero attached hydrogens (tertiary/aromatic N) is 1. The number of pyridine rings is 1. The van der Waals surface area contributed by atoms with E-state index in [4.69, 9.17) is 9.84 Å². The van der Waals surface area contributed by atoms with Gasteiger partial charge >= 0.3 is 5.97 Å². The zero-order chi connectivity index (χ0) is 13.0. The molecule has 1 aromatic rings. The van der Waals surface area contributed by atoms with E-state index in [9.17, 15) is 4.79 Å². The summed E-state index contributed by atoms with van der Waals surface area (Å²) in [6.07, 6.45) is 2.50. The summed E-state index contributed by atoms with van der Waals surface area (Å²) in [7, 11) is 0. The van der Waals surface area contributed by atoms with Gasteiger partial charge in [-0.3, -0.25) is 4.98 Å². The van der Waals surface area contributed by atoms with E-state index in [1.807, 2.05) is 25.1 Å². The van der Waals surface area contributed by atoms with Crippen LogP contribution in [0.1, 0.15) is 31.5 Å². The fourth-order valence-electron chi connectivity index (χ4n) is 2.08. The summed E-state index contributed by atoms with van der Waals surface area (Å²) < 4.78 is 5.43. The number of hydrogen-bond acceptors (Lipinski definition) is 4. The van der Waals surface area contributed by atoms with Crippen molar-refractivity contribution in [3.05, 3.63) is 30.1 Å². The van der Waals surface area contributed by atoms with Gasteiger partial charge in [0.15, 0.2) is 6.10 Å². The number of carboxylic acid groups (broad SMARTS) is 1. The lowest BCUT2D eigenvalue weighted by molar-refractivity contribution is -0.149. The highest BCUT2D eigenvalue weighted by Crippen LogP contribution is 2.20. The molecule has 1 aliphatic rings. The summed E-state index contributed by atoms with van der Waals surface area (Å²) in [5, 5.41) is 12.2. The van der Waals surface area contributed by atoms with Gasteiger partial charge in [-0.15, -0.1) is 0 Å². The van der Waals surface area contributed by atoms with Crippen molar-refractivity contribution in [1.82, 2.24) is 10.3 Å². The molecule has 5 nitrogen and oxygen atoms in total. The van der Waals surface area contributed by atoms with Gasteiger partial charge in [0.05, 0.1) is 11.8 Å². The molecule has 0 spiro atoms. The number of ether oxygens (including phenoxy) is 1. The standard InChI is InChI=1S/C13H18N2O3/c1-9(11-4-2-3-7-14-11)15-8-10-5-6-12(18-10)13(16)17/h2-4,7,9-10,12,15H,5-6,8H2,1H3,(H,16,17)/t9-,10?,12?/m0/s1. The molecule has 1 aromatic heterocycles. The molecule has 1 fully saturated rings. The zero-order valence-corrected chi connectivity index (χ0v) is 10.4. The Morgan fingerprint density at radius 1 is 1.61 bits per heavy atom. The van der Waals surface area contributed by atoms with Crippen LogP contribution in [0.4, 0.5) is 0 Å². The molecule has 98 valence electrons. The third-order valence-corrected chi connectivity index (χ3v) is 3.17. The molecule has 0 saturated carbocycles. The summed E-state index contributed by atoms with van der Waals surface area (Å²) >= 11 is 0. The van der Waals surface area contributed by atoms with Crippen LogP contribution < -0.4 is 5.32 Å². The second-order valence-electron chi connectivity index (χ2n) is 4.55. The van der Waals surface area contributed by atoms with Crippen molar-refractivity contribution in [2.75, 3.05) is 6.54 Å². The average molecular weight is 250 g/mol. The van der Waals surface area contributed by atoms with Gasteiger partial charge in [0.2, 0.25) is 0 Å². The molecule has 3 atom stereocenters. The summed E-state index contributed by atoms with van der Waals surface area (Å²) in [5.74, 6) is -0.865. The molecule has 2 rings (SSSR count). The maximum absolute atomic E-state index is 10.8. The van der Waals surface area contributed by atoms with E-state index in [-0.39, 0.29) is 12.1 Å². The van der Waals surface area contributed by atoms with Gasteiger partial charge in [-0.2, -0.15) is 0 Å². The Bertz CT molecular complexity index is 396. The van der Waals surface area contributed by atoms with Gasteiger partial charge in [0.1, 0.15) is 0 Å². The Hall–Kier alpha value is -1.46. The van der Waals surface area contributed by atoms with E-state index in [2.05, 4.69) is 10.3 Å². The van der Waals surface area contributed by atoms with E-state index < -0.39 is 12.1 Å². The van der Waals surface area contributed by atoms with Crippen LogP contribution in [-0.2, 0) is 9.53 Å². The number of rotatable bonds is 5. The van der Waals surface area contributed by atoms with Crippen LogP contribution in [0, 0.1) is 0 Å². The van der Waals surface area contributed by atoms with Crippen molar-refractivity contribution in [2.24, 2.45) is 0 Å². The van der Waals surface area contributed by atoms with E-state index >= 15 is 0 Å². The minimum absolute atomic E-state index is 0.0164. The lowest BCUT2D eigenvalue weighted by atomic mass is 10.1. The van der Waals surface area contributed by atoms with Gasteiger partial charge < -0.3 is 15.2 Å². The molecule has 18 heavy (non-hydrogen) atoms. The SMILES string of the molecule is C[C@H](NCC1CCC(C(=O)O)O1)c1ccccn1. The molecule has 1 saturated heterocycles. The molecule has 0 radical (unpaired) electrons. The van der Waals surface area contributed by atoms with Gasteiger partial charge in [-0.05, 0) is 31.9 Å². The van der Waals surface area contributed by atoms with Crippen molar-refractivity contribution in [3.63, 3.8) is 0 Å². The minimum atomic E-state index is -0.865. The third-order valence-electron chi connectivity index (χ3n) is 3.17. The van der Waals surface area contributed by atoms with Crippen LogP contribution in [0.3, 0.4) is 0 Å². The van der Waals surface area contributed by atoms with E-state index in [1.54, 1.807) is 6.20 Å². The summed E-state index contributed by atoms with van der Waals surface area (Å²) in [5.41, 5.74) is 0.977. The fraction of sp³-hybridized carbons (Fsp3) is 0.538. The van der Waals surface area contributed by atoms with Crippen LogP contribution in [0.5, 0.6) is 0 Å². The molecule has 0 bridgehead atoms. The van der Waals surface area contributed by atoms with Crippen LogP contribution in [0.2, 0.25) is 0 Å². The minimum Gasteiger partial charge on any atom is -0.479 e. The summed E-state index contributed by atoms with van der Waals surface area (Å²) in [4.78, 5) is 15.0. The Morgan fingerprint density at radius 3 is 3.06 bits per heavy atom. The first kappa shape index (κ1) is 13.0. The van der Waals surface area contributed by atoms with Crippen molar-refractivity contribution in [1.29, 1.82) is 0 Å². The second kappa shape index (κ2) is 5.93. The molecule has 5 heteroatoms. The first-order chi connectivity index (χ1) is 8.66. The second-order valence-corrected chi connectivity index (χ2v) is 4.55. The van der Waals surface area contributed by atoms with Crippen LogP contribution in [-0.4, -0.2) is 34.8 Å². The molecule has 0 aliphatic carbocycles. The fourth-order valence-corrected chi connectivity index (χ4v) is 2.08. The maximum atomic E-state index is 10.8. The number of aliphatic carboxylic acids is 1. The highest BCUT2D eigenvalue weighted by Gasteiger charge is 2.30. The molecular weight excluding hydrogens is 232 g/mol. The smallest absolute Gasteiger partial charge is 0.332 e. The Kier molecular flexibility index (Phi) is 4.28. The predicted molar refractivity (Wildman–Crippen MR) is 66.2 cm³/mol.